The van der Waals surface area contributed by atoms with Crippen LogP contribution in [0, 0.1) is 11.2 Å². The summed E-state index contributed by atoms with van der Waals surface area (Å²) >= 11 is 12.3. The van der Waals surface area contributed by atoms with Gasteiger partial charge in [0, 0.05) is 36.6 Å². The van der Waals surface area contributed by atoms with Crippen molar-refractivity contribution in [3.05, 3.63) is 57.6 Å². The number of fused-ring (bicyclic) bond motifs is 2. The summed E-state index contributed by atoms with van der Waals surface area (Å²) in [6, 6.07) is 2.86. The molecule has 0 saturated carbocycles. The number of nitrogens with one attached hydrogen (secondary N) is 3. The quantitative estimate of drug-likeness (QED) is 0.337. The Labute approximate surface area is 237 Å². The number of carbonyl (C=O) groups is 2. The Morgan fingerprint density at radius 3 is 2.61 bits per heavy atom. The Hall–Kier alpha value is -2.01. The molecule has 4 rings (SSSR count). The fourth-order valence-electron chi connectivity index (χ4n) is 5.60. The largest absolute Gasteiger partial charge is 0.394 e. The topological polar surface area (TPSA) is 124 Å². The molecule has 2 aliphatic rings. The van der Waals surface area contributed by atoms with Gasteiger partial charge in [-0.15, -0.1) is 12.4 Å². The third-order valence-electron chi connectivity index (χ3n) is 7.06. The highest BCUT2D eigenvalue weighted by Gasteiger charge is 2.66. The molecule has 12 heteroatoms. The maximum absolute atomic E-state index is 14.9. The number of benzene rings is 1. The van der Waals surface area contributed by atoms with Crippen LogP contribution in [0.3, 0.4) is 0 Å². The van der Waals surface area contributed by atoms with Crippen molar-refractivity contribution in [1.82, 2.24) is 15.6 Å². The number of aromatic nitrogens is 1. The molecule has 0 radical (unpaired) electrons. The van der Waals surface area contributed by atoms with Gasteiger partial charge in [-0.05, 0) is 47.6 Å². The second kappa shape index (κ2) is 11.6. The SMILES string of the molecule is CC(C)(C)C[C@H]1N[C@@H](C(=O)NCC[C@H](O)CO)[C@H](c2cncc(Cl)c2)[C@@]12C(=O)Nc1cc(Cl)c(F)cc12.Cl. The molecule has 0 unspecified atom stereocenters. The average molecular weight is 590 g/mol. The van der Waals surface area contributed by atoms with E-state index in [-0.39, 0.29) is 41.7 Å². The number of anilines is 1. The average Bonchev–Trinajstić information content (AvgIpc) is 3.28. The van der Waals surface area contributed by atoms with Crippen molar-refractivity contribution in [3.8, 4) is 0 Å². The summed E-state index contributed by atoms with van der Waals surface area (Å²) in [5.74, 6) is -2.24. The van der Waals surface area contributed by atoms with Crippen LogP contribution in [0.25, 0.3) is 0 Å². The Kier molecular flexibility index (Phi) is 9.33. The molecule has 38 heavy (non-hydrogen) atoms. The number of hydrogen-bond acceptors (Lipinski definition) is 6. The van der Waals surface area contributed by atoms with Gasteiger partial charge in [0.25, 0.3) is 0 Å². The number of halogens is 4. The highest BCUT2D eigenvalue weighted by atomic mass is 35.5. The van der Waals surface area contributed by atoms with Crippen LogP contribution in [0.5, 0.6) is 0 Å². The normalized spacial score (nSPS) is 25.1. The first-order chi connectivity index (χ1) is 17.4. The fraction of sp³-hybridized carbons (Fsp3) is 0.500. The summed E-state index contributed by atoms with van der Waals surface area (Å²) < 4.78 is 14.9. The lowest BCUT2D eigenvalue weighted by atomic mass is 9.62. The molecule has 2 amide bonds. The van der Waals surface area contributed by atoms with Crippen molar-refractivity contribution in [2.45, 2.75) is 63.1 Å². The predicted octanol–water partition coefficient (Wildman–Crippen LogP) is 3.56. The second-order valence-electron chi connectivity index (χ2n) is 10.9. The van der Waals surface area contributed by atoms with Crippen LogP contribution in [-0.4, -0.2) is 58.4 Å². The highest BCUT2D eigenvalue weighted by molar-refractivity contribution is 6.31. The van der Waals surface area contributed by atoms with Crippen LogP contribution in [-0.2, 0) is 15.0 Å². The zero-order chi connectivity index (χ0) is 27.1. The Bertz CT molecular complexity index is 1210. The van der Waals surface area contributed by atoms with Crippen LogP contribution in [0.1, 0.15) is 50.7 Å². The molecule has 1 aromatic carbocycles. The summed E-state index contributed by atoms with van der Waals surface area (Å²) in [5.41, 5.74) is -0.272. The fourth-order valence-corrected chi connectivity index (χ4v) is 5.94. The maximum Gasteiger partial charge on any atom is 0.237 e. The number of pyridine rings is 1. The van der Waals surface area contributed by atoms with Crippen LogP contribution in [0.15, 0.2) is 30.6 Å². The van der Waals surface area contributed by atoms with E-state index < -0.39 is 47.9 Å². The maximum atomic E-state index is 14.9. The lowest BCUT2D eigenvalue weighted by molar-refractivity contribution is -0.124. The minimum absolute atomic E-state index is 0. The molecule has 208 valence electrons. The molecule has 5 atom stereocenters. The van der Waals surface area contributed by atoms with Crippen molar-refractivity contribution >= 4 is 53.1 Å². The van der Waals surface area contributed by atoms with Crippen molar-refractivity contribution in [3.63, 3.8) is 0 Å². The smallest absolute Gasteiger partial charge is 0.237 e. The van der Waals surface area contributed by atoms with E-state index in [1.165, 1.54) is 18.3 Å². The van der Waals surface area contributed by atoms with E-state index in [1.54, 1.807) is 12.3 Å². The number of aliphatic hydroxyl groups excluding tert-OH is 2. The van der Waals surface area contributed by atoms with Gasteiger partial charge in [-0.1, -0.05) is 44.0 Å². The zero-order valence-electron chi connectivity index (χ0n) is 21.2. The van der Waals surface area contributed by atoms with Gasteiger partial charge in [0.2, 0.25) is 11.8 Å². The van der Waals surface area contributed by atoms with Crippen molar-refractivity contribution < 1.29 is 24.2 Å². The lowest BCUT2D eigenvalue weighted by Gasteiger charge is -2.37. The van der Waals surface area contributed by atoms with Gasteiger partial charge in [0.15, 0.2) is 0 Å². The summed E-state index contributed by atoms with van der Waals surface area (Å²) in [6.45, 7) is 5.77. The lowest BCUT2D eigenvalue weighted by Crippen LogP contribution is -2.49. The molecule has 5 N–H and O–H groups in total. The van der Waals surface area contributed by atoms with Gasteiger partial charge in [-0.2, -0.15) is 0 Å². The Morgan fingerprint density at radius 2 is 1.97 bits per heavy atom. The van der Waals surface area contributed by atoms with E-state index in [2.05, 4.69) is 20.9 Å². The summed E-state index contributed by atoms with van der Waals surface area (Å²) in [5, 5.41) is 28.1. The van der Waals surface area contributed by atoms with Gasteiger partial charge < -0.3 is 26.2 Å². The minimum atomic E-state index is -1.37. The number of nitrogens with zero attached hydrogens (tertiary/aromatic N) is 1. The molecule has 1 saturated heterocycles. The third-order valence-corrected chi connectivity index (χ3v) is 7.55. The van der Waals surface area contributed by atoms with Crippen molar-refractivity contribution in [2.75, 3.05) is 18.5 Å². The molecule has 0 aliphatic carbocycles. The zero-order valence-corrected chi connectivity index (χ0v) is 23.6. The molecule has 8 nitrogen and oxygen atoms in total. The molecule has 1 spiro atoms. The van der Waals surface area contributed by atoms with Gasteiger partial charge in [-0.25, -0.2) is 4.39 Å². The van der Waals surface area contributed by atoms with Crippen molar-refractivity contribution in [2.24, 2.45) is 5.41 Å². The number of hydrogen-bond donors (Lipinski definition) is 5. The number of aliphatic hydroxyl groups is 2. The van der Waals surface area contributed by atoms with Crippen LogP contribution in [0.2, 0.25) is 10.0 Å². The van der Waals surface area contributed by atoms with E-state index >= 15 is 0 Å². The molecular formula is C26H32Cl3FN4O4. The number of rotatable bonds is 7. The monoisotopic (exact) mass is 588 g/mol. The predicted molar refractivity (Wildman–Crippen MR) is 146 cm³/mol. The third kappa shape index (κ3) is 5.64. The number of carbonyl (C=O) groups excluding carboxylic acids is 2. The molecule has 3 heterocycles. The first-order valence-electron chi connectivity index (χ1n) is 12.1. The summed E-state index contributed by atoms with van der Waals surface area (Å²) in [4.78, 5) is 31.8. The van der Waals surface area contributed by atoms with Crippen LogP contribution < -0.4 is 16.0 Å². The van der Waals surface area contributed by atoms with E-state index in [9.17, 15) is 19.1 Å². The minimum Gasteiger partial charge on any atom is -0.394 e. The highest BCUT2D eigenvalue weighted by Crippen LogP contribution is 2.56. The van der Waals surface area contributed by atoms with Crippen molar-refractivity contribution in [1.29, 1.82) is 0 Å². The van der Waals surface area contributed by atoms with Gasteiger partial charge >= 0.3 is 0 Å². The second-order valence-corrected chi connectivity index (χ2v) is 11.8. The molecule has 0 bridgehead atoms. The van der Waals surface area contributed by atoms with Gasteiger partial charge in [0.1, 0.15) is 11.2 Å². The summed E-state index contributed by atoms with van der Waals surface area (Å²) in [6.07, 6.45) is 2.70. The first-order valence-corrected chi connectivity index (χ1v) is 12.9. The number of amides is 2. The van der Waals surface area contributed by atoms with E-state index in [0.717, 1.165) is 0 Å². The van der Waals surface area contributed by atoms with E-state index in [1.807, 2.05) is 20.8 Å². The molecule has 2 aromatic rings. The van der Waals surface area contributed by atoms with Gasteiger partial charge in [0.05, 0.1) is 28.8 Å². The Morgan fingerprint density at radius 1 is 1.26 bits per heavy atom. The van der Waals surface area contributed by atoms with Gasteiger partial charge in [-0.3, -0.25) is 14.6 Å². The molecule has 1 aromatic heterocycles. The standard InChI is InChI=1S/C26H31Cl2FN4O4.ClH/c1-25(2,3)9-20-26(16-7-18(29)17(28)8-19(16)32-24(26)37)21(13-6-14(27)11-30-10-13)22(33-20)23(36)31-5-4-15(35)12-34;/h6-8,10-11,15,20-22,33-35H,4-5,9,12H2,1-3H3,(H,31,36)(H,32,37);1H/t15-,20+,21-,22+,26-;/m0./s1. The van der Waals surface area contributed by atoms with Crippen LogP contribution in [0.4, 0.5) is 10.1 Å². The summed E-state index contributed by atoms with van der Waals surface area (Å²) in [7, 11) is 0. The first kappa shape index (κ1) is 30.5. The molecular weight excluding hydrogens is 558 g/mol. The molecule has 1 fully saturated rings. The van der Waals surface area contributed by atoms with Crippen LogP contribution >= 0.6 is 35.6 Å². The van der Waals surface area contributed by atoms with E-state index in [4.69, 9.17) is 28.3 Å². The van der Waals surface area contributed by atoms with E-state index in [0.29, 0.717) is 28.3 Å². The Balaban J connectivity index is 0.00000400. The molecule has 2 aliphatic heterocycles.